The van der Waals surface area contributed by atoms with E-state index in [2.05, 4.69) is 21.2 Å². The first kappa shape index (κ1) is 24.2. The zero-order chi connectivity index (χ0) is 21.6. The highest BCUT2D eigenvalue weighted by atomic mass is 79.9. The zero-order valence-electron chi connectivity index (χ0n) is 17.5. The van der Waals surface area contributed by atoms with E-state index in [0.717, 1.165) is 27.1 Å². The maximum Gasteiger partial charge on any atom is 0.231 e. The van der Waals surface area contributed by atoms with Crippen molar-refractivity contribution in [2.75, 3.05) is 20.4 Å². The normalized spacial score (nSPS) is 11.7. The molecule has 4 rings (SSSR count). The fourth-order valence-corrected chi connectivity index (χ4v) is 3.96. The molecule has 0 bridgehead atoms. The van der Waals surface area contributed by atoms with Crippen LogP contribution in [0, 0.1) is 5.82 Å². The van der Waals surface area contributed by atoms with Crippen molar-refractivity contribution < 1.29 is 23.3 Å². The Morgan fingerprint density at radius 2 is 1.84 bits per heavy atom. The highest BCUT2D eigenvalue weighted by Crippen LogP contribution is 2.38. The van der Waals surface area contributed by atoms with E-state index in [9.17, 15) is 4.39 Å². The molecule has 0 fully saturated rings. The smallest absolute Gasteiger partial charge is 0.231 e. The summed E-state index contributed by atoms with van der Waals surface area (Å²) in [7, 11) is 1.62. The fourth-order valence-electron chi connectivity index (χ4n) is 3.36. The summed E-state index contributed by atoms with van der Waals surface area (Å²) < 4.78 is 36.9. The minimum atomic E-state index is -0.169. The maximum absolute atomic E-state index is 13.7. The molecule has 170 valence electrons. The van der Waals surface area contributed by atoms with Crippen LogP contribution in [0.5, 0.6) is 23.0 Å². The van der Waals surface area contributed by atoms with E-state index in [0.29, 0.717) is 43.2 Å². The number of hydrogen-bond acceptors (Lipinski definition) is 5. The fraction of sp³-hybridized carbons (Fsp3) is 0.250. The van der Waals surface area contributed by atoms with Gasteiger partial charge in [0.2, 0.25) is 6.79 Å². The molecule has 0 saturated carbocycles. The largest absolute Gasteiger partial charge is 0.493 e. The van der Waals surface area contributed by atoms with Crippen molar-refractivity contribution in [3.05, 3.63) is 81.6 Å². The first-order valence-electron chi connectivity index (χ1n) is 9.96. The van der Waals surface area contributed by atoms with E-state index in [-0.39, 0.29) is 25.0 Å². The Labute approximate surface area is 201 Å². The second kappa shape index (κ2) is 11.4. The average Bonchev–Trinajstić information content (AvgIpc) is 3.24. The van der Waals surface area contributed by atoms with Crippen molar-refractivity contribution in [3.63, 3.8) is 0 Å². The number of fused-ring (bicyclic) bond motifs is 1. The van der Waals surface area contributed by atoms with Crippen molar-refractivity contribution in [2.24, 2.45) is 0 Å². The molecule has 8 heteroatoms. The van der Waals surface area contributed by atoms with Gasteiger partial charge in [0.1, 0.15) is 12.4 Å². The van der Waals surface area contributed by atoms with Gasteiger partial charge in [-0.05, 0) is 75.9 Å². The molecule has 0 aromatic heterocycles. The number of benzene rings is 3. The molecule has 1 heterocycles. The van der Waals surface area contributed by atoms with Gasteiger partial charge in [0.15, 0.2) is 23.0 Å². The molecule has 0 radical (unpaired) electrons. The van der Waals surface area contributed by atoms with E-state index >= 15 is 0 Å². The van der Waals surface area contributed by atoms with Crippen LogP contribution >= 0.6 is 28.3 Å². The zero-order valence-corrected chi connectivity index (χ0v) is 19.9. The Morgan fingerprint density at radius 3 is 2.66 bits per heavy atom. The Hall–Kier alpha value is -2.48. The van der Waals surface area contributed by atoms with Gasteiger partial charge in [-0.15, -0.1) is 12.4 Å². The molecule has 0 saturated heterocycles. The molecule has 1 N–H and O–H groups in total. The number of nitrogens with one attached hydrogen (secondary N) is 1. The second-order valence-electron chi connectivity index (χ2n) is 7.10. The molecule has 0 unspecified atom stereocenters. The van der Waals surface area contributed by atoms with Gasteiger partial charge in [0.05, 0.1) is 11.6 Å². The van der Waals surface area contributed by atoms with Crippen LogP contribution in [0.25, 0.3) is 0 Å². The van der Waals surface area contributed by atoms with E-state index in [1.807, 2.05) is 42.5 Å². The lowest BCUT2D eigenvalue weighted by atomic mass is 10.1. The topological polar surface area (TPSA) is 49.0 Å². The molecule has 5 nitrogen and oxygen atoms in total. The number of hydrogen-bond donors (Lipinski definition) is 1. The van der Waals surface area contributed by atoms with Crippen LogP contribution in [-0.2, 0) is 19.6 Å². The predicted octanol–water partition coefficient (Wildman–Crippen LogP) is 5.66. The Balaban J connectivity index is 0.00000289. The summed E-state index contributed by atoms with van der Waals surface area (Å²) in [5, 5.41) is 3.35. The van der Waals surface area contributed by atoms with Crippen LogP contribution in [0.2, 0.25) is 0 Å². The van der Waals surface area contributed by atoms with Crippen molar-refractivity contribution in [3.8, 4) is 23.0 Å². The molecule has 0 spiro atoms. The van der Waals surface area contributed by atoms with Crippen molar-refractivity contribution in [1.29, 1.82) is 0 Å². The molecule has 32 heavy (non-hydrogen) atoms. The summed E-state index contributed by atoms with van der Waals surface area (Å²) in [6.07, 6.45) is 0.627. The highest BCUT2D eigenvalue weighted by Gasteiger charge is 2.15. The summed E-state index contributed by atoms with van der Waals surface area (Å²) in [4.78, 5) is 0. The molecular weight excluding hydrogens is 501 g/mol. The van der Waals surface area contributed by atoms with Crippen molar-refractivity contribution >= 4 is 28.3 Å². The average molecular weight is 525 g/mol. The van der Waals surface area contributed by atoms with Gasteiger partial charge in [0.25, 0.3) is 0 Å². The van der Waals surface area contributed by atoms with Crippen LogP contribution in [0.1, 0.15) is 16.7 Å². The van der Waals surface area contributed by atoms with Crippen molar-refractivity contribution in [2.45, 2.75) is 19.6 Å². The van der Waals surface area contributed by atoms with Crippen LogP contribution in [-0.4, -0.2) is 20.4 Å². The molecule has 1 aliphatic heterocycles. The number of ether oxygens (including phenoxy) is 4. The van der Waals surface area contributed by atoms with Gasteiger partial charge in [-0.2, -0.15) is 0 Å². The maximum atomic E-state index is 13.7. The first-order valence-corrected chi connectivity index (χ1v) is 10.7. The Bertz CT molecular complexity index is 1070. The van der Waals surface area contributed by atoms with Gasteiger partial charge in [-0.1, -0.05) is 24.3 Å². The van der Waals surface area contributed by atoms with Crippen LogP contribution in [0.3, 0.4) is 0 Å². The van der Waals surface area contributed by atoms with Crippen LogP contribution in [0.4, 0.5) is 4.39 Å². The van der Waals surface area contributed by atoms with Gasteiger partial charge in [0, 0.05) is 6.54 Å². The highest BCUT2D eigenvalue weighted by molar-refractivity contribution is 9.10. The lowest BCUT2D eigenvalue weighted by molar-refractivity contribution is 0.174. The second-order valence-corrected chi connectivity index (χ2v) is 7.96. The van der Waals surface area contributed by atoms with E-state index < -0.39 is 0 Å². The summed E-state index contributed by atoms with van der Waals surface area (Å²) in [5.74, 6) is 2.58. The molecular formula is C24H24BrClFNO4. The monoisotopic (exact) mass is 523 g/mol. The van der Waals surface area contributed by atoms with Gasteiger partial charge >= 0.3 is 0 Å². The van der Waals surface area contributed by atoms with Gasteiger partial charge in [-0.3, -0.25) is 0 Å². The summed E-state index contributed by atoms with van der Waals surface area (Å²) >= 11 is 3.59. The van der Waals surface area contributed by atoms with E-state index in [1.54, 1.807) is 13.2 Å². The minimum absolute atomic E-state index is 0. The number of rotatable bonds is 9. The SMILES string of the molecule is COc1cc(CNCCc2ccccc2F)cc(Br)c1OCc1ccc2c(c1)OCO2.Cl. The Morgan fingerprint density at radius 1 is 1.03 bits per heavy atom. The molecule has 0 aliphatic carbocycles. The van der Waals surface area contributed by atoms with Crippen LogP contribution in [0.15, 0.2) is 59.1 Å². The van der Waals surface area contributed by atoms with Crippen molar-refractivity contribution in [1.82, 2.24) is 5.32 Å². The van der Waals surface area contributed by atoms with Crippen LogP contribution < -0.4 is 24.3 Å². The molecule has 3 aromatic rings. The molecule has 0 atom stereocenters. The lowest BCUT2D eigenvalue weighted by Crippen LogP contribution is -2.17. The minimum Gasteiger partial charge on any atom is -0.493 e. The summed E-state index contributed by atoms with van der Waals surface area (Å²) in [6.45, 7) is 1.91. The first-order chi connectivity index (χ1) is 15.1. The third-order valence-corrected chi connectivity index (χ3v) is 5.56. The molecule has 1 aliphatic rings. The number of methoxy groups -OCH3 is 1. The van der Waals surface area contributed by atoms with E-state index in [1.165, 1.54) is 6.07 Å². The lowest BCUT2D eigenvalue weighted by Gasteiger charge is -2.15. The quantitative estimate of drug-likeness (QED) is 0.366. The van der Waals surface area contributed by atoms with E-state index in [4.69, 9.17) is 18.9 Å². The third kappa shape index (κ3) is 5.85. The third-order valence-electron chi connectivity index (χ3n) is 4.97. The predicted molar refractivity (Wildman–Crippen MR) is 127 cm³/mol. The summed E-state index contributed by atoms with van der Waals surface area (Å²) in [5.41, 5.74) is 2.71. The van der Waals surface area contributed by atoms with Gasteiger partial charge < -0.3 is 24.3 Å². The number of halogens is 3. The van der Waals surface area contributed by atoms with Gasteiger partial charge in [-0.25, -0.2) is 4.39 Å². The molecule has 0 amide bonds. The standard InChI is InChI=1S/C24H23BrFNO4.ClH/c1-28-23-12-17(13-27-9-8-18-4-2-3-5-20(18)26)10-19(25)24(23)29-14-16-6-7-21-22(11-16)31-15-30-21;/h2-7,10-12,27H,8-9,13-15H2,1H3;1H. The molecule has 3 aromatic carbocycles. The summed E-state index contributed by atoms with van der Waals surface area (Å²) in [6, 6.07) is 16.5. The Kier molecular flexibility index (Phi) is 8.61.